The van der Waals surface area contributed by atoms with E-state index in [0.29, 0.717) is 19.8 Å². The molecule has 0 saturated carbocycles. The summed E-state index contributed by atoms with van der Waals surface area (Å²) in [5, 5.41) is 11.7. The van der Waals surface area contributed by atoms with Crippen LogP contribution in [-0.2, 0) is 25.3 Å². The molecule has 9 nitrogen and oxygen atoms in total. The van der Waals surface area contributed by atoms with Crippen LogP contribution >= 0.6 is 0 Å². The first-order valence-electron chi connectivity index (χ1n) is 8.64. The molecule has 3 heterocycles. The molecule has 25 heavy (non-hydrogen) atoms. The van der Waals surface area contributed by atoms with Gasteiger partial charge in [0.1, 0.15) is 12.4 Å². The van der Waals surface area contributed by atoms with Crippen LogP contribution in [-0.4, -0.2) is 55.2 Å². The van der Waals surface area contributed by atoms with E-state index >= 15 is 0 Å². The predicted molar refractivity (Wildman–Crippen MR) is 88.7 cm³/mol. The number of amides is 2. The maximum absolute atomic E-state index is 13.0. The van der Waals surface area contributed by atoms with E-state index < -0.39 is 0 Å². The number of aryl methyl sites for hydroxylation is 2. The smallest absolute Gasteiger partial charge is 0.318 e. The molecule has 2 atom stereocenters. The summed E-state index contributed by atoms with van der Waals surface area (Å²) in [6, 6.07) is -0.302. The van der Waals surface area contributed by atoms with Gasteiger partial charge < -0.3 is 15.0 Å². The third-order valence-corrected chi connectivity index (χ3v) is 5.11. The molecule has 1 N–H and O–H groups in total. The Hall–Kier alpha value is -2.42. The number of morpholine rings is 1. The van der Waals surface area contributed by atoms with Gasteiger partial charge in [0.25, 0.3) is 0 Å². The van der Waals surface area contributed by atoms with E-state index in [1.165, 1.54) is 12.0 Å². The number of carbonyl (C=O) groups excluding carboxylic acids is 1. The zero-order valence-corrected chi connectivity index (χ0v) is 14.6. The Morgan fingerprint density at radius 2 is 2.20 bits per heavy atom. The van der Waals surface area contributed by atoms with Gasteiger partial charge in [0.15, 0.2) is 5.82 Å². The molecular weight excluding hydrogens is 322 g/mol. The Morgan fingerprint density at radius 3 is 3.00 bits per heavy atom. The van der Waals surface area contributed by atoms with E-state index in [1.807, 2.05) is 25.0 Å². The molecule has 0 aromatic carbocycles. The van der Waals surface area contributed by atoms with E-state index in [9.17, 15) is 4.79 Å². The molecule has 2 aromatic rings. The third-order valence-electron chi connectivity index (χ3n) is 5.11. The van der Waals surface area contributed by atoms with Crippen molar-refractivity contribution in [3.05, 3.63) is 29.6 Å². The normalized spacial score (nSPS) is 23.4. The van der Waals surface area contributed by atoms with Crippen molar-refractivity contribution in [2.45, 2.75) is 31.3 Å². The third kappa shape index (κ3) is 2.88. The highest BCUT2D eigenvalue weighted by Crippen LogP contribution is 2.30. The van der Waals surface area contributed by atoms with Crippen molar-refractivity contribution < 1.29 is 9.53 Å². The second-order valence-electron chi connectivity index (χ2n) is 6.59. The molecule has 134 valence electrons. The quantitative estimate of drug-likeness (QED) is 0.866. The molecule has 1 saturated heterocycles. The molecule has 0 radical (unpaired) electrons. The molecule has 2 unspecified atom stereocenters. The molecule has 2 aliphatic rings. The molecule has 4 rings (SSSR count). The first-order valence-corrected chi connectivity index (χ1v) is 8.64. The van der Waals surface area contributed by atoms with Gasteiger partial charge in [0.05, 0.1) is 25.5 Å². The molecule has 2 amide bonds. The summed E-state index contributed by atoms with van der Waals surface area (Å²) >= 11 is 0. The summed E-state index contributed by atoms with van der Waals surface area (Å²) in [5.74, 6) is 0.737. The minimum atomic E-state index is -0.224. The molecular formula is C16H23N7O2. The maximum atomic E-state index is 13.0. The average Bonchev–Trinajstić information content (AvgIpc) is 3.22. The lowest BCUT2D eigenvalue weighted by atomic mass is 9.93. The predicted octanol–water partition coefficient (Wildman–Crippen LogP) is 0.709. The highest BCUT2D eigenvalue weighted by Gasteiger charge is 2.34. The number of urea groups is 1. The number of ether oxygens (including phenoxy) is 1. The van der Waals surface area contributed by atoms with Crippen LogP contribution in [0.5, 0.6) is 0 Å². The van der Waals surface area contributed by atoms with Gasteiger partial charge >= 0.3 is 6.03 Å². The summed E-state index contributed by atoms with van der Waals surface area (Å²) in [6.07, 6.45) is 6.37. The Labute approximate surface area is 146 Å². The molecule has 0 bridgehead atoms. The number of aromatic nitrogens is 5. The number of nitrogens with zero attached hydrogens (tertiary/aromatic N) is 6. The van der Waals surface area contributed by atoms with Gasteiger partial charge in [-0.3, -0.25) is 9.36 Å². The first-order chi connectivity index (χ1) is 12.1. The highest BCUT2D eigenvalue weighted by atomic mass is 16.5. The van der Waals surface area contributed by atoms with E-state index in [-0.39, 0.29) is 18.1 Å². The SMILES string of the molecule is Cn1ncnc1C1COCCN1C(=O)NC1CCCc2c1cnn2C. The number of hydrogen-bond acceptors (Lipinski definition) is 5. The minimum Gasteiger partial charge on any atom is -0.377 e. The van der Waals surface area contributed by atoms with Gasteiger partial charge in [-0.1, -0.05) is 0 Å². The Bertz CT molecular complexity index is 768. The van der Waals surface area contributed by atoms with Crippen LogP contribution < -0.4 is 5.32 Å². The van der Waals surface area contributed by atoms with Crippen molar-refractivity contribution in [2.24, 2.45) is 14.1 Å². The summed E-state index contributed by atoms with van der Waals surface area (Å²) in [7, 11) is 3.78. The average molecular weight is 345 g/mol. The molecule has 2 aromatic heterocycles. The van der Waals surface area contributed by atoms with Crippen LogP contribution in [0.3, 0.4) is 0 Å². The van der Waals surface area contributed by atoms with Gasteiger partial charge in [-0.2, -0.15) is 10.2 Å². The Morgan fingerprint density at radius 1 is 1.32 bits per heavy atom. The fourth-order valence-corrected chi connectivity index (χ4v) is 3.76. The fourth-order valence-electron chi connectivity index (χ4n) is 3.76. The molecule has 1 fully saturated rings. The molecule has 0 spiro atoms. The summed E-state index contributed by atoms with van der Waals surface area (Å²) in [4.78, 5) is 19.1. The summed E-state index contributed by atoms with van der Waals surface area (Å²) in [5.41, 5.74) is 2.34. The van der Waals surface area contributed by atoms with Crippen LogP contribution in [0.2, 0.25) is 0 Å². The lowest BCUT2D eigenvalue weighted by Gasteiger charge is -2.36. The second kappa shape index (κ2) is 6.47. The van der Waals surface area contributed by atoms with Crippen LogP contribution in [0.15, 0.2) is 12.5 Å². The van der Waals surface area contributed by atoms with Crippen molar-refractivity contribution >= 4 is 6.03 Å². The van der Waals surface area contributed by atoms with Crippen molar-refractivity contribution in [3.63, 3.8) is 0 Å². The molecule has 1 aliphatic heterocycles. The molecule has 1 aliphatic carbocycles. The van der Waals surface area contributed by atoms with E-state index in [2.05, 4.69) is 20.5 Å². The lowest BCUT2D eigenvalue weighted by molar-refractivity contribution is 0.00669. The van der Waals surface area contributed by atoms with Crippen LogP contribution in [0, 0.1) is 0 Å². The lowest BCUT2D eigenvalue weighted by Crippen LogP contribution is -2.49. The van der Waals surface area contributed by atoms with E-state index in [0.717, 1.165) is 30.7 Å². The van der Waals surface area contributed by atoms with Gasteiger partial charge in [-0.15, -0.1) is 0 Å². The summed E-state index contributed by atoms with van der Waals surface area (Å²) < 4.78 is 9.18. The van der Waals surface area contributed by atoms with Gasteiger partial charge in [0.2, 0.25) is 0 Å². The van der Waals surface area contributed by atoms with E-state index in [1.54, 1.807) is 9.58 Å². The van der Waals surface area contributed by atoms with Gasteiger partial charge in [-0.05, 0) is 19.3 Å². The summed E-state index contributed by atoms with van der Waals surface area (Å²) in [6.45, 7) is 1.50. The standard InChI is InChI=1S/C16H23N7O2/c1-21-13-5-3-4-12(11(13)8-18-21)20-16(24)23-6-7-25-9-14(23)15-17-10-19-22(15)2/h8,10,12,14H,3-7,9H2,1-2H3,(H,20,24). The van der Waals surface area contributed by atoms with Crippen LogP contribution in [0.1, 0.15) is 42.0 Å². The van der Waals surface area contributed by atoms with Gasteiger partial charge in [0, 0.05) is 31.9 Å². The monoisotopic (exact) mass is 345 g/mol. The first kappa shape index (κ1) is 16.1. The van der Waals surface area contributed by atoms with Gasteiger partial charge in [-0.25, -0.2) is 9.78 Å². The highest BCUT2D eigenvalue weighted by molar-refractivity contribution is 5.75. The van der Waals surface area contributed by atoms with Crippen molar-refractivity contribution in [1.82, 2.24) is 34.8 Å². The zero-order valence-electron chi connectivity index (χ0n) is 14.6. The second-order valence-corrected chi connectivity index (χ2v) is 6.59. The van der Waals surface area contributed by atoms with Crippen molar-refractivity contribution in [3.8, 4) is 0 Å². The Kier molecular flexibility index (Phi) is 4.16. The minimum absolute atomic E-state index is 0.00735. The molecule has 9 heteroatoms. The number of nitrogens with one attached hydrogen (secondary N) is 1. The Balaban J connectivity index is 1.53. The number of hydrogen-bond donors (Lipinski definition) is 1. The van der Waals surface area contributed by atoms with E-state index in [4.69, 9.17) is 4.74 Å². The number of fused-ring (bicyclic) bond motifs is 1. The van der Waals surface area contributed by atoms with Crippen LogP contribution in [0.4, 0.5) is 4.79 Å². The van der Waals surface area contributed by atoms with Crippen molar-refractivity contribution in [1.29, 1.82) is 0 Å². The number of carbonyl (C=O) groups is 1. The maximum Gasteiger partial charge on any atom is 0.318 e. The fraction of sp³-hybridized carbons (Fsp3) is 0.625. The number of rotatable bonds is 2. The van der Waals surface area contributed by atoms with Crippen LogP contribution in [0.25, 0.3) is 0 Å². The topological polar surface area (TPSA) is 90.1 Å². The largest absolute Gasteiger partial charge is 0.377 e. The van der Waals surface area contributed by atoms with Crippen molar-refractivity contribution in [2.75, 3.05) is 19.8 Å². The zero-order chi connectivity index (χ0) is 17.4.